The highest BCUT2D eigenvalue weighted by Gasteiger charge is 2.20. The summed E-state index contributed by atoms with van der Waals surface area (Å²) in [6.07, 6.45) is 0. The van der Waals surface area contributed by atoms with Gasteiger partial charge in [-0.2, -0.15) is 0 Å². The minimum Gasteiger partial charge on any atom is -0.450 e. The van der Waals surface area contributed by atoms with E-state index in [1.54, 1.807) is 31.2 Å². The van der Waals surface area contributed by atoms with Gasteiger partial charge in [0, 0.05) is 22.1 Å². The molecular weight excluding hydrogens is 360 g/mol. The van der Waals surface area contributed by atoms with Crippen LogP contribution < -0.4 is 10.5 Å². The number of rotatable bonds is 4. The summed E-state index contributed by atoms with van der Waals surface area (Å²) in [6.45, 7) is 2.06. The molecule has 0 heterocycles. The molecule has 2 rings (SSSR count). The lowest BCUT2D eigenvalue weighted by Gasteiger charge is -2.11. The first kappa shape index (κ1) is 15.8. The van der Waals surface area contributed by atoms with Crippen LogP contribution in [0.3, 0.4) is 0 Å². The molecule has 5 nitrogen and oxygen atoms in total. The molecule has 0 unspecified atom stereocenters. The fraction of sp³-hybridized carbons (Fsp3) is 0.143. The molecule has 21 heavy (non-hydrogen) atoms. The van der Waals surface area contributed by atoms with Crippen LogP contribution in [0.25, 0.3) is 0 Å². The summed E-state index contributed by atoms with van der Waals surface area (Å²) in [7, 11) is 0. The van der Waals surface area contributed by atoms with Crippen molar-refractivity contribution in [2.75, 3.05) is 0 Å². The van der Waals surface area contributed by atoms with Crippen molar-refractivity contribution in [3.05, 3.63) is 61.1 Å². The molecule has 0 atom stereocenters. The first-order valence-corrected chi connectivity index (χ1v) is 7.20. The predicted octanol–water partition coefficient (Wildman–Crippen LogP) is 4.57. The van der Waals surface area contributed by atoms with Crippen LogP contribution >= 0.6 is 27.5 Å². The van der Waals surface area contributed by atoms with Gasteiger partial charge in [-0.05, 0) is 36.2 Å². The first-order valence-electron chi connectivity index (χ1n) is 6.03. The van der Waals surface area contributed by atoms with Crippen molar-refractivity contribution in [2.24, 2.45) is 5.73 Å². The molecule has 2 N–H and O–H groups in total. The molecule has 0 aliphatic rings. The number of benzene rings is 2. The Morgan fingerprint density at radius 2 is 2.10 bits per heavy atom. The highest BCUT2D eigenvalue weighted by molar-refractivity contribution is 9.10. The highest BCUT2D eigenvalue weighted by Crippen LogP contribution is 2.38. The molecule has 0 spiro atoms. The van der Waals surface area contributed by atoms with Crippen molar-refractivity contribution in [3.8, 4) is 11.5 Å². The van der Waals surface area contributed by atoms with E-state index in [4.69, 9.17) is 22.1 Å². The van der Waals surface area contributed by atoms with E-state index in [1.807, 2.05) is 0 Å². The third-order valence-electron chi connectivity index (χ3n) is 2.88. The summed E-state index contributed by atoms with van der Waals surface area (Å²) in [5, 5.41) is 11.6. The second-order valence-corrected chi connectivity index (χ2v) is 5.71. The predicted molar refractivity (Wildman–Crippen MR) is 85.0 cm³/mol. The van der Waals surface area contributed by atoms with E-state index < -0.39 is 4.92 Å². The fourth-order valence-corrected chi connectivity index (χ4v) is 2.66. The Bertz CT molecular complexity index is 707. The number of ether oxygens (including phenoxy) is 1. The topological polar surface area (TPSA) is 78.4 Å². The Morgan fingerprint density at radius 1 is 1.38 bits per heavy atom. The standard InChI is InChI=1S/C14H12BrClN2O3/c1-8-4-10(15)5-13(18(19)20)14(8)21-11-3-2-9(7-17)12(16)6-11/h2-6H,7,17H2,1H3. The summed E-state index contributed by atoms with van der Waals surface area (Å²) in [5.74, 6) is 0.616. The van der Waals surface area contributed by atoms with Gasteiger partial charge in [-0.25, -0.2) is 0 Å². The molecule has 2 aromatic rings. The molecule has 110 valence electrons. The fourth-order valence-electron chi connectivity index (χ4n) is 1.86. The summed E-state index contributed by atoms with van der Waals surface area (Å²) in [6, 6.07) is 8.16. The average molecular weight is 372 g/mol. The molecule has 0 radical (unpaired) electrons. The quantitative estimate of drug-likeness (QED) is 0.630. The second-order valence-electron chi connectivity index (χ2n) is 4.39. The van der Waals surface area contributed by atoms with E-state index in [-0.39, 0.29) is 11.4 Å². The van der Waals surface area contributed by atoms with Crippen LogP contribution in [0, 0.1) is 17.0 Å². The molecular formula is C14H12BrClN2O3. The van der Waals surface area contributed by atoms with Crippen LogP contribution in [-0.4, -0.2) is 4.92 Å². The van der Waals surface area contributed by atoms with Crippen molar-refractivity contribution in [1.82, 2.24) is 0 Å². The lowest BCUT2D eigenvalue weighted by atomic mass is 10.2. The van der Waals surface area contributed by atoms with Crippen LogP contribution in [-0.2, 0) is 6.54 Å². The van der Waals surface area contributed by atoms with Crippen molar-refractivity contribution < 1.29 is 9.66 Å². The molecule has 0 bridgehead atoms. The monoisotopic (exact) mass is 370 g/mol. The van der Waals surface area contributed by atoms with E-state index in [2.05, 4.69) is 15.9 Å². The van der Waals surface area contributed by atoms with Crippen LogP contribution in [0.5, 0.6) is 11.5 Å². The summed E-state index contributed by atoms with van der Waals surface area (Å²) in [4.78, 5) is 10.7. The minimum atomic E-state index is -0.483. The number of nitro benzene ring substituents is 1. The van der Waals surface area contributed by atoms with Crippen molar-refractivity contribution in [1.29, 1.82) is 0 Å². The Labute approximate surface area is 134 Å². The largest absolute Gasteiger partial charge is 0.450 e. The van der Waals surface area contributed by atoms with Gasteiger partial charge in [-0.3, -0.25) is 10.1 Å². The van der Waals surface area contributed by atoms with Crippen LogP contribution in [0.2, 0.25) is 5.02 Å². The zero-order valence-corrected chi connectivity index (χ0v) is 13.4. The van der Waals surface area contributed by atoms with Crippen LogP contribution in [0.15, 0.2) is 34.8 Å². The number of nitrogens with two attached hydrogens (primary N) is 1. The van der Waals surface area contributed by atoms with Gasteiger partial charge in [0.1, 0.15) is 5.75 Å². The lowest BCUT2D eigenvalue weighted by molar-refractivity contribution is -0.385. The minimum absolute atomic E-state index is 0.110. The average Bonchev–Trinajstić information content (AvgIpc) is 2.41. The number of nitrogens with zero attached hydrogens (tertiary/aromatic N) is 1. The SMILES string of the molecule is Cc1cc(Br)cc([N+](=O)[O-])c1Oc1ccc(CN)c(Cl)c1. The molecule has 2 aromatic carbocycles. The van der Waals surface area contributed by atoms with Crippen LogP contribution in [0.4, 0.5) is 5.69 Å². The maximum absolute atomic E-state index is 11.1. The van der Waals surface area contributed by atoms with Gasteiger partial charge in [0.15, 0.2) is 0 Å². The van der Waals surface area contributed by atoms with E-state index in [1.165, 1.54) is 6.07 Å². The van der Waals surface area contributed by atoms with Gasteiger partial charge < -0.3 is 10.5 Å². The Kier molecular flexibility index (Phi) is 4.82. The van der Waals surface area contributed by atoms with Gasteiger partial charge in [0.2, 0.25) is 5.75 Å². The highest BCUT2D eigenvalue weighted by atomic mass is 79.9. The molecule has 7 heteroatoms. The smallest absolute Gasteiger partial charge is 0.312 e. The zero-order chi connectivity index (χ0) is 15.6. The number of hydrogen-bond donors (Lipinski definition) is 1. The zero-order valence-electron chi connectivity index (χ0n) is 11.1. The van der Waals surface area contributed by atoms with Gasteiger partial charge >= 0.3 is 5.69 Å². The molecule has 0 saturated heterocycles. The molecule has 0 amide bonds. The summed E-state index contributed by atoms with van der Waals surface area (Å²) < 4.78 is 6.27. The molecule has 0 saturated carbocycles. The van der Waals surface area contributed by atoms with Crippen LogP contribution in [0.1, 0.15) is 11.1 Å². The van der Waals surface area contributed by atoms with Gasteiger partial charge in [0.25, 0.3) is 0 Å². The second kappa shape index (κ2) is 6.43. The van der Waals surface area contributed by atoms with Crippen molar-refractivity contribution in [3.63, 3.8) is 0 Å². The Hall–Kier alpha value is -1.63. The third-order valence-corrected chi connectivity index (χ3v) is 3.69. The van der Waals surface area contributed by atoms with Gasteiger partial charge in [0.05, 0.1) is 4.92 Å². The molecule has 0 aliphatic heterocycles. The first-order chi connectivity index (χ1) is 9.92. The van der Waals surface area contributed by atoms with Crippen molar-refractivity contribution in [2.45, 2.75) is 13.5 Å². The van der Waals surface area contributed by atoms with E-state index in [0.29, 0.717) is 27.4 Å². The van der Waals surface area contributed by atoms with Gasteiger partial charge in [-0.15, -0.1) is 0 Å². The Morgan fingerprint density at radius 3 is 2.67 bits per heavy atom. The maximum Gasteiger partial charge on any atom is 0.312 e. The van der Waals surface area contributed by atoms with Gasteiger partial charge in [-0.1, -0.05) is 33.6 Å². The number of hydrogen-bond acceptors (Lipinski definition) is 4. The van der Waals surface area contributed by atoms with E-state index >= 15 is 0 Å². The number of aryl methyl sites for hydroxylation is 1. The molecule has 0 aromatic heterocycles. The Balaban J connectivity index is 2.44. The molecule has 0 aliphatic carbocycles. The normalized spacial score (nSPS) is 10.5. The van der Waals surface area contributed by atoms with E-state index in [9.17, 15) is 10.1 Å². The summed E-state index contributed by atoms with van der Waals surface area (Å²) in [5.41, 5.74) is 6.86. The van der Waals surface area contributed by atoms with Crippen molar-refractivity contribution >= 4 is 33.2 Å². The van der Waals surface area contributed by atoms with E-state index in [0.717, 1.165) is 5.56 Å². The lowest BCUT2D eigenvalue weighted by Crippen LogP contribution is -1.98. The molecule has 0 fully saturated rings. The number of nitro groups is 1. The number of halogens is 2. The third kappa shape index (κ3) is 3.53. The summed E-state index contributed by atoms with van der Waals surface area (Å²) >= 11 is 9.30. The maximum atomic E-state index is 11.1.